The Labute approximate surface area is 83.6 Å². The molecule has 2 rings (SSSR count). The van der Waals surface area contributed by atoms with E-state index in [-0.39, 0.29) is 5.01 Å². The maximum absolute atomic E-state index is 12.4. The van der Waals surface area contributed by atoms with E-state index < -0.39 is 6.43 Å². The van der Waals surface area contributed by atoms with Crippen LogP contribution in [0.15, 0.2) is 18.2 Å². The van der Waals surface area contributed by atoms with E-state index >= 15 is 0 Å². The van der Waals surface area contributed by atoms with E-state index in [4.69, 9.17) is 0 Å². The Morgan fingerprint density at radius 3 is 2.86 bits per heavy atom. The minimum atomic E-state index is -2.49. The molecule has 5 heteroatoms. The molecule has 0 atom stereocenters. The summed E-state index contributed by atoms with van der Waals surface area (Å²) in [6.07, 6.45) is -2.49. The number of anilines is 1. The van der Waals surface area contributed by atoms with Crippen LogP contribution in [0.2, 0.25) is 0 Å². The number of hydrogen-bond acceptors (Lipinski definition) is 3. The molecule has 0 aliphatic rings. The van der Waals surface area contributed by atoms with Gasteiger partial charge in [-0.05, 0) is 12.1 Å². The Balaban J connectivity index is 2.64. The van der Waals surface area contributed by atoms with Gasteiger partial charge in [0.15, 0.2) is 5.01 Å². The number of para-hydroxylation sites is 1. The van der Waals surface area contributed by atoms with E-state index in [0.717, 1.165) is 21.7 Å². The lowest BCUT2D eigenvalue weighted by atomic mass is 10.3. The number of alkyl halides is 2. The fourth-order valence-electron chi connectivity index (χ4n) is 1.26. The second-order valence-electron chi connectivity index (χ2n) is 2.76. The van der Waals surface area contributed by atoms with Crippen molar-refractivity contribution < 1.29 is 8.78 Å². The Bertz CT molecular complexity index is 453. The Morgan fingerprint density at radius 1 is 1.43 bits per heavy atom. The number of nitrogens with one attached hydrogen (secondary N) is 1. The van der Waals surface area contributed by atoms with Crippen LogP contribution in [0.4, 0.5) is 14.5 Å². The summed E-state index contributed by atoms with van der Waals surface area (Å²) in [4.78, 5) is 3.89. The van der Waals surface area contributed by atoms with Crippen LogP contribution in [0.3, 0.4) is 0 Å². The van der Waals surface area contributed by atoms with E-state index in [9.17, 15) is 8.78 Å². The molecule has 1 N–H and O–H groups in total. The number of thiazole rings is 1. The van der Waals surface area contributed by atoms with E-state index in [1.807, 2.05) is 12.1 Å². The van der Waals surface area contributed by atoms with Crippen LogP contribution < -0.4 is 5.32 Å². The molecule has 0 radical (unpaired) electrons. The fraction of sp³-hybridized carbons (Fsp3) is 0.222. The Morgan fingerprint density at radius 2 is 2.21 bits per heavy atom. The lowest BCUT2D eigenvalue weighted by molar-refractivity contribution is 0.151. The lowest BCUT2D eigenvalue weighted by Crippen LogP contribution is -1.88. The van der Waals surface area contributed by atoms with Gasteiger partial charge in [0.2, 0.25) is 0 Å². The highest BCUT2D eigenvalue weighted by Crippen LogP contribution is 2.32. The van der Waals surface area contributed by atoms with Crippen molar-refractivity contribution in [3.05, 3.63) is 23.2 Å². The van der Waals surface area contributed by atoms with Crippen LogP contribution in [-0.4, -0.2) is 12.0 Å². The smallest absolute Gasteiger partial charge is 0.289 e. The van der Waals surface area contributed by atoms with Crippen molar-refractivity contribution in [1.29, 1.82) is 0 Å². The predicted molar refractivity (Wildman–Crippen MR) is 54.1 cm³/mol. The summed E-state index contributed by atoms with van der Waals surface area (Å²) in [5, 5.41) is 2.80. The van der Waals surface area contributed by atoms with Crippen molar-refractivity contribution in [2.75, 3.05) is 12.4 Å². The number of hydrogen-bond donors (Lipinski definition) is 1. The van der Waals surface area contributed by atoms with Crippen LogP contribution in [0.5, 0.6) is 0 Å². The molecule has 74 valence electrons. The molecule has 14 heavy (non-hydrogen) atoms. The molecule has 0 spiro atoms. The van der Waals surface area contributed by atoms with E-state index in [1.54, 1.807) is 13.1 Å². The molecular weight excluding hydrogens is 206 g/mol. The molecule has 2 nitrogen and oxygen atoms in total. The highest BCUT2D eigenvalue weighted by molar-refractivity contribution is 7.18. The average Bonchev–Trinajstić information content (AvgIpc) is 2.60. The van der Waals surface area contributed by atoms with Crippen LogP contribution in [0.25, 0.3) is 10.2 Å². The van der Waals surface area contributed by atoms with Crippen LogP contribution in [-0.2, 0) is 0 Å². The van der Waals surface area contributed by atoms with E-state index in [1.165, 1.54) is 0 Å². The third-order valence-corrected chi connectivity index (χ3v) is 2.92. The predicted octanol–water partition coefficient (Wildman–Crippen LogP) is 3.28. The summed E-state index contributed by atoms with van der Waals surface area (Å²) < 4.78 is 25.5. The number of aromatic nitrogens is 1. The molecule has 0 saturated carbocycles. The first kappa shape index (κ1) is 9.33. The van der Waals surface area contributed by atoms with Gasteiger partial charge in [0.1, 0.15) is 5.52 Å². The van der Waals surface area contributed by atoms with Gasteiger partial charge in [0.05, 0.1) is 10.4 Å². The van der Waals surface area contributed by atoms with Gasteiger partial charge in [-0.1, -0.05) is 6.07 Å². The first-order valence-electron chi connectivity index (χ1n) is 4.07. The van der Waals surface area contributed by atoms with Crippen molar-refractivity contribution in [2.45, 2.75) is 6.43 Å². The highest BCUT2D eigenvalue weighted by Gasteiger charge is 2.14. The molecule has 0 aliphatic heterocycles. The number of fused-ring (bicyclic) bond motifs is 1. The molecule has 0 saturated heterocycles. The first-order chi connectivity index (χ1) is 6.72. The number of halogens is 2. The summed E-state index contributed by atoms with van der Waals surface area (Å²) in [7, 11) is 1.75. The molecule has 2 aromatic rings. The lowest BCUT2D eigenvalue weighted by Gasteiger charge is -1.98. The van der Waals surface area contributed by atoms with Gasteiger partial charge >= 0.3 is 0 Å². The van der Waals surface area contributed by atoms with Crippen molar-refractivity contribution in [2.24, 2.45) is 0 Å². The standard InChI is InChI=1S/C9H8F2N2S/c1-12-5-3-2-4-6-7(5)13-9(14-6)8(10)11/h2-4,8,12H,1H3. The van der Waals surface area contributed by atoms with E-state index in [2.05, 4.69) is 10.3 Å². The second kappa shape index (κ2) is 3.49. The fourth-order valence-corrected chi connectivity index (χ4v) is 2.11. The highest BCUT2D eigenvalue weighted by atomic mass is 32.1. The van der Waals surface area contributed by atoms with E-state index in [0.29, 0.717) is 5.52 Å². The van der Waals surface area contributed by atoms with Gasteiger partial charge in [0, 0.05) is 7.05 Å². The van der Waals surface area contributed by atoms with Crippen LogP contribution in [0.1, 0.15) is 11.4 Å². The van der Waals surface area contributed by atoms with Gasteiger partial charge in [-0.25, -0.2) is 13.8 Å². The van der Waals surface area contributed by atoms with Gasteiger partial charge in [-0.15, -0.1) is 11.3 Å². The van der Waals surface area contributed by atoms with Crippen molar-refractivity contribution >= 4 is 27.2 Å². The normalized spacial score (nSPS) is 11.1. The van der Waals surface area contributed by atoms with Gasteiger partial charge in [-0.2, -0.15) is 0 Å². The molecule has 1 heterocycles. The minimum Gasteiger partial charge on any atom is -0.386 e. The summed E-state index contributed by atoms with van der Waals surface area (Å²) in [6.45, 7) is 0. The zero-order valence-electron chi connectivity index (χ0n) is 7.42. The second-order valence-corrected chi connectivity index (χ2v) is 3.82. The van der Waals surface area contributed by atoms with Crippen molar-refractivity contribution in [3.8, 4) is 0 Å². The van der Waals surface area contributed by atoms with Crippen molar-refractivity contribution in [3.63, 3.8) is 0 Å². The Kier molecular flexibility index (Phi) is 2.33. The Hall–Kier alpha value is -1.23. The molecule has 0 bridgehead atoms. The molecule has 0 aliphatic carbocycles. The maximum Gasteiger partial charge on any atom is 0.289 e. The largest absolute Gasteiger partial charge is 0.386 e. The molecule has 1 aromatic carbocycles. The summed E-state index contributed by atoms with van der Waals surface area (Å²) >= 11 is 1.03. The third kappa shape index (κ3) is 1.43. The zero-order chi connectivity index (χ0) is 10.1. The number of nitrogens with zero attached hydrogens (tertiary/aromatic N) is 1. The number of rotatable bonds is 2. The summed E-state index contributed by atoms with van der Waals surface area (Å²) in [6, 6.07) is 5.43. The van der Waals surface area contributed by atoms with Crippen LogP contribution >= 0.6 is 11.3 Å². The van der Waals surface area contributed by atoms with Gasteiger partial charge < -0.3 is 5.32 Å². The zero-order valence-corrected chi connectivity index (χ0v) is 8.24. The van der Waals surface area contributed by atoms with Crippen molar-refractivity contribution in [1.82, 2.24) is 4.98 Å². The molecule has 0 amide bonds. The summed E-state index contributed by atoms with van der Waals surface area (Å²) in [5.74, 6) is 0. The van der Waals surface area contributed by atoms with Crippen LogP contribution in [0, 0.1) is 0 Å². The quantitative estimate of drug-likeness (QED) is 0.829. The van der Waals surface area contributed by atoms with Gasteiger partial charge in [-0.3, -0.25) is 0 Å². The number of benzene rings is 1. The minimum absolute atomic E-state index is 0.122. The van der Waals surface area contributed by atoms with Gasteiger partial charge in [0.25, 0.3) is 6.43 Å². The topological polar surface area (TPSA) is 24.9 Å². The average molecular weight is 214 g/mol. The molecular formula is C9H8F2N2S. The first-order valence-corrected chi connectivity index (χ1v) is 4.89. The molecule has 0 unspecified atom stereocenters. The third-order valence-electron chi connectivity index (χ3n) is 1.89. The maximum atomic E-state index is 12.4. The molecule has 1 aromatic heterocycles. The summed E-state index contributed by atoms with van der Waals surface area (Å²) in [5.41, 5.74) is 1.40. The molecule has 0 fully saturated rings. The SMILES string of the molecule is CNc1cccc2sc(C(F)F)nc12. The monoisotopic (exact) mass is 214 g/mol.